The summed E-state index contributed by atoms with van der Waals surface area (Å²) in [7, 11) is -4.99. The second kappa shape index (κ2) is 20.2. The van der Waals surface area contributed by atoms with Crippen molar-refractivity contribution >= 4 is 31.6 Å². The van der Waals surface area contributed by atoms with Crippen LogP contribution in [-0.4, -0.2) is 111 Å². The van der Waals surface area contributed by atoms with Crippen molar-refractivity contribution in [3.8, 4) is 0 Å². The maximum absolute atomic E-state index is 14.9. The van der Waals surface area contributed by atoms with Gasteiger partial charge in [-0.3, -0.25) is 14.1 Å². The maximum Gasteiger partial charge on any atom is 0.509 e. The van der Waals surface area contributed by atoms with Gasteiger partial charge in [0.25, 0.3) is 5.91 Å². The number of hydrogen-bond acceptors (Lipinski definition) is 14. The first-order valence-electron chi connectivity index (χ1n) is 19.4. The number of carbonyl (C=O) groups is 4. The van der Waals surface area contributed by atoms with E-state index in [-0.39, 0.29) is 131 Å². The number of carbonyl (C=O) groups excluding carboxylic acids is 4. The van der Waals surface area contributed by atoms with Crippen LogP contribution in [0.1, 0.15) is 76.3 Å². The maximum atomic E-state index is 14.9. The van der Waals surface area contributed by atoms with Crippen molar-refractivity contribution in [2.24, 2.45) is 22.7 Å². The van der Waals surface area contributed by atoms with Gasteiger partial charge in [0.05, 0.1) is 36.4 Å². The molecule has 0 aromatic heterocycles. The van der Waals surface area contributed by atoms with Gasteiger partial charge in [-0.15, -0.1) is 0 Å². The van der Waals surface area contributed by atoms with E-state index in [9.17, 15) is 48.8 Å². The van der Waals surface area contributed by atoms with Crippen LogP contribution < -0.4 is 5.32 Å². The Morgan fingerprint density at radius 3 is 2.16 bits per heavy atom. The van der Waals surface area contributed by atoms with Gasteiger partial charge >= 0.3 is 19.9 Å². The molecule has 1 saturated heterocycles. The van der Waals surface area contributed by atoms with Gasteiger partial charge in [-0.25, -0.2) is 14.2 Å². The van der Waals surface area contributed by atoms with E-state index in [1.54, 1.807) is 81.4 Å². The number of hydrogen-bond donors (Lipinski definition) is 6. The summed E-state index contributed by atoms with van der Waals surface area (Å²) in [6.45, 7) is 8.20. The molecule has 6 rings (SSSR count). The largest absolute Gasteiger partial charge is 0.509 e. The molecule has 6 N–H and O–H groups in total. The van der Waals surface area contributed by atoms with Gasteiger partial charge in [-0.05, 0) is 55.5 Å². The Morgan fingerprint density at radius 1 is 1.00 bits per heavy atom. The van der Waals surface area contributed by atoms with Crippen LogP contribution in [0, 0.1) is 111 Å². The van der Waals surface area contributed by atoms with E-state index in [0.717, 1.165) is 0 Å². The van der Waals surface area contributed by atoms with E-state index >= 15 is 0 Å². The molecule has 2 saturated carbocycles. The normalized spacial score (nSPS) is 32.3. The molecule has 1 aliphatic heterocycles. The van der Waals surface area contributed by atoms with E-state index in [1.807, 2.05) is 0 Å². The van der Waals surface area contributed by atoms with Gasteiger partial charge in [-0.1, -0.05) is 69.3 Å². The van der Waals surface area contributed by atoms with Crippen LogP contribution in [-0.2, 0) is 42.4 Å². The van der Waals surface area contributed by atoms with Gasteiger partial charge in [-0.2, -0.15) is 0 Å². The number of phosphoric acid groups is 1. The summed E-state index contributed by atoms with van der Waals surface area (Å²) in [5.74, 6) is -4.80. The molecule has 3 fully saturated rings. The predicted molar refractivity (Wildman–Crippen MR) is 205 cm³/mol. The molecule has 2 aromatic carbocycles. The standard InChI is InChI=1S/C41H52NO16P.2Ac/c1-7-53-37(47)58-32(30(24-14-10-8-11-15-24)42-35(45)25-16-12-9-13-17-25)36(46)57-26-19-41(49)23(3)33-39(6,34(44)31(43)29(22(26)2)38(41,4)5)27(55-21-56-59(50,51)52)18-28-40(33,48)20-54-28;;/h8-17,23,26-28,30-33,43,48-49H,7,18-21H2,1-6H3,(H,42,45)(H2,50,51,52);;/t23-,26?,27?,28?,30?,31?,32?,33?,39+,40?,41?;;/m0../s1. The van der Waals surface area contributed by atoms with Crippen LogP contribution in [0.25, 0.3) is 0 Å². The number of aliphatic hydroxyl groups excluding tert-OH is 1. The summed E-state index contributed by atoms with van der Waals surface area (Å²) in [4.78, 5) is 74.6. The second-order valence-electron chi connectivity index (χ2n) is 16.5. The summed E-state index contributed by atoms with van der Waals surface area (Å²) >= 11 is 0. The van der Waals surface area contributed by atoms with Crippen LogP contribution in [0.15, 0.2) is 71.8 Å². The van der Waals surface area contributed by atoms with Crippen molar-refractivity contribution in [2.45, 2.75) is 102 Å². The Bertz CT molecular complexity index is 2020. The Morgan fingerprint density at radius 2 is 1.61 bits per heavy atom. The third-order valence-electron chi connectivity index (χ3n) is 13.1. The molecule has 2 aromatic rings. The summed E-state index contributed by atoms with van der Waals surface area (Å²) in [6.07, 6.45) is -8.98. The fourth-order valence-corrected chi connectivity index (χ4v) is 10.2. The Labute approximate surface area is 425 Å². The number of fused-ring (bicyclic) bond motifs is 5. The molecule has 2 radical (unpaired) electrons. The van der Waals surface area contributed by atoms with Crippen molar-refractivity contribution in [1.29, 1.82) is 0 Å². The fourth-order valence-electron chi connectivity index (χ4n) is 10.0. The average molecular weight is 1300 g/mol. The topological polar surface area (TPSA) is 254 Å². The quantitative estimate of drug-likeness (QED) is 0.0772. The molecule has 20 heteroatoms. The number of phosphoric ester groups is 1. The minimum Gasteiger partial charge on any atom is -0.455 e. The minimum absolute atomic E-state index is 0. The molecule has 3 aliphatic carbocycles. The first-order valence-corrected chi connectivity index (χ1v) is 20.9. The summed E-state index contributed by atoms with van der Waals surface area (Å²) < 4.78 is 44.3. The molecular formula is C41H52Ac2NO16P. The molecule has 0 spiro atoms. The molecule has 61 heavy (non-hydrogen) atoms. The van der Waals surface area contributed by atoms with Crippen LogP contribution in [0.2, 0.25) is 0 Å². The zero-order chi connectivity index (χ0) is 43.3. The van der Waals surface area contributed by atoms with Crippen molar-refractivity contribution < 1.29 is 165 Å². The SMILES string of the molecule is CCOC(=O)OC(C(=O)OC1CC2(O)[C@@H](C)C3C4(O)COC4CC(OCOP(=O)(O)O)[C@@]3(C)C(=O)C(O)C(=C1C)C2(C)C)C(NC(=O)c1ccccc1)c1ccccc1.[Ac].[Ac]. The minimum atomic E-state index is -4.99. The molecule has 2 bridgehead atoms. The zero-order valence-corrected chi connectivity index (χ0v) is 45.1. The summed E-state index contributed by atoms with van der Waals surface area (Å²) in [5, 5.41) is 40.4. The number of benzene rings is 2. The molecule has 11 atom stereocenters. The van der Waals surface area contributed by atoms with Crippen LogP contribution >= 0.6 is 7.82 Å². The van der Waals surface area contributed by atoms with Gasteiger partial charge in [0.1, 0.15) is 23.9 Å². The third-order valence-corrected chi connectivity index (χ3v) is 13.5. The van der Waals surface area contributed by atoms with E-state index in [2.05, 4.69) is 9.84 Å². The number of Topliss-reactive ketones (excluding diaryl/α,β-unsaturated/α-hetero) is 1. The number of ether oxygens (including phenoxy) is 5. The fraction of sp³-hybridized carbons (Fsp3) is 0.561. The number of aliphatic hydroxyl groups is 3. The van der Waals surface area contributed by atoms with Crippen LogP contribution in [0.4, 0.5) is 4.79 Å². The number of nitrogens with one attached hydrogen (secondary N) is 1. The number of amides is 1. The van der Waals surface area contributed by atoms with E-state index in [1.165, 1.54) is 20.8 Å². The Hall–Kier alpha value is -1.15. The Balaban J connectivity index is 0.00000410. The molecule has 1 amide bonds. The number of rotatable bonds is 12. The van der Waals surface area contributed by atoms with Crippen molar-refractivity contribution in [3.63, 3.8) is 0 Å². The van der Waals surface area contributed by atoms with Gasteiger partial charge in [0.2, 0.25) is 6.10 Å². The van der Waals surface area contributed by atoms with E-state index < -0.39 is 109 Å². The molecule has 328 valence electrons. The number of esters is 1. The summed E-state index contributed by atoms with van der Waals surface area (Å²) in [6, 6.07) is 15.1. The summed E-state index contributed by atoms with van der Waals surface area (Å²) in [5.41, 5.74) is -6.01. The first kappa shape index (κ1) is 52.5. The number of ketones is 1. The molecular weight excluding hydrogens is 1250 g/mol. The molecule has 9 unspecified atom stereocenters. The van der Waals surface area contributed by atoms with Gasteiger partial charge in [0.15, 0.2) is 12.6 Å². The van der Waals surface area contributed by atoms with E-state index in [0.29, 0.717) is 5.56 Å². The van der Waals surface area contributed by atoms with Crippen LogP contribution in [0.5, 0.6) is 0 Å². The monoisotopic (exact) mass is 1300 g/mol. The molecule has 4 aliphatic rings. The third kappa shape index (κ3) is 9.87. The average Bonchev–Trinajstić information content (AvgIpc) is 3.17. The molecule has 17 nitrogen and oxygen atoms in total. The predicted octanol–water partition coefficient (Wildman–Crippen LogP) is 3.28. The van der Waals surface area contributed by atoms with Gasteiger partial charge in [0, 0.05) is 118 Å². The van der Waals surface area contributed by atoms with Crippen LogP contribution in [0.3, 0.4) is 0 Å². The molecule has 1 heterocycles. The zero-order valence-electron chi connectivity index (χ0n) is 34.8. The first-order chi connectivity index (χ1) is 27.6. The smallest absolute Gasteiger partial charge is 0.455 e. The van der Waals surface area contributed by atoms with Gasteiger partial charge < -0.3 is 54.1 Å². The van der Waals surface area contributed by atoms with Crippen molar-refractivity contribution in [3.05, 3.63) is 82.9 Å². The van der Waals surface area contributed by atoms with Crippen molar-refractivity contribution in [1.82, 2.24) is 5.32 Å². The van der Waals surface area contributed by atoms with Crippen molar-refractivity contribution in [2.75, 3.05) is 20.0 Å². The Kier molecular flexibility index (Phi) is 17.3. The van der Waals surface area contributed by atoms with E-state index in [4.69, 9.17) is 23.7 Å². The second-order valence-corrected chi connectivity index (χ2v) is 17.7.